The van der Waals surface area contributed by atoms with Crippen LogP contribution < -0.4 is 0 Å². The molecule has 5 atom stereocenters. The lowest BCUT2D eigenvalue weighted by molar-refractivity contribution is -0.156. The van der Waals surface area contributed by atoms with E-state index in [1.165, 1.54) is 12.7 Å². The normalized spacial score (nSPS) is 38.5. The topological polar surface area (TPSA) is 46.5 Å². The Morgan fingerprint density at radius 3 is 2.75 bits per heavy atom. The van der Waals surface area contributed by atoms with Crippen molar-refractivity contribution >= 4 is 5.97 Å². The molecular weight excluding hydrogens is 300 g/mol. The maximum Gasteiger partial charge on any atom is 0.312 e. The van der Waals surface area contributed by atoms with Gasteiger partial charge in [0.15, 0.2) is 0 Å². The molecule has 0 spiro atoms. The number of ether oxygens (including phenoxy) is 1. The summed E-state index contributed by atoms with van der Waals surface area (Å²) in [5, 5.41) is 10.4. The average Bonchev–Trinajstić information content (AvgIpc) is 2.56. The number of methoxy groups -OCH3 is 1. The zero-order valence-corrected chi connectivity index (χ0v) is 16.0. The van der Waals surface area contributed by atoms with Crippen LogP contribution in [0.4, 0.5) is 0 Å². The predicted octanol–water partition coefficient (Wildman–Crippen LogP) is 4.66. The zero-order chi connectivity index (χ0) is 18.2. The molecule has 0 aromatic carbocycles. The van der Waals surface area contributed by atoms with Gasteiger partial charge >= 0.3 is 5.97 Å². The van der Waals surface area contributed by atoms with Crippen LogP contribution in [0.25, 0.3) is 0 Å². The van der Waals surface area contributed by atoms with Gasteiger partial charge in [-0.3, -0.25) is 4.79 Å². The molecule has 0 heterocycles. The van der Waals surface area contributed by atoms with Crippen molar-refractivity contribution in [2.24, 2.45) is 22.7 Å². The summed E-state index contributed by atoms with van der Waals surface area (Å²) in [6.45, 7) is 12.3. The van der Waals surface area contributed by atoms with E-state index >= 15 is 0 Å². The largest absolute Gasteiger partial charge is 0.469 e. The Hall–Kier alpha value is -1.09. The Kier molecular flexibility index (Phi) is 5.34. The zero-order valence-electron chi connectivity index (χ0n) is 16.0. The quantitative estimate of drug-likeness (QED) is 0.588. The van der Waals surface area contributed by atoms with Crippen molar-refractivity contribution in [3.63, 3.8) is 0 Å². The summed E-state index contributed by atoms with van der Waals surface area (Å²) < 4.78 is 5.15. The lowest BCUT2D eigenvalue weighted by Crippen LogP contribution is -2.48. The third-order valence-corrected chi connectivity index (χ3v) is 7.05. The van der Waals surface area contributed by atoms with Gasteiger partial charge in [-0.2, -0.15) is 0 Å². The molecule has 0 aromatic rings. The van der Waals surface area contributed by atoms with Crippen molar-refractivity contribution < 1.29 is 14.6 Å². The van der Waals surface area contributed by atoms with Crippen LogP contribution in [0.2, 0.25) is 0 Å². The molecule has 2 aliphatic rings. The summed E-state index contributed by atoms with van der Waals surface area (Å²) >= 11 is 0. The number of esters is 1. The van der Waals surface area contributed by atoms with E-state index in [1.807, 2.05) is 6.92 Å². The van der Waals surface area contributed by atoms with Gasteiger partial charge in [0.2, 0.25) is 0 Å². The molecule has 1 N–H and O–H groups in total. The number of aliphatic hydroxyl groups is 1. The standard InChI is InChI=1S/C21H34O3/c1-7-19(3,23)13-14-20(4)15(2)10-11-17-16(20)9-8-12-21(17,5)18(22)24-6/h7,9,15,17,23H,1,8,10-14H2,2-6H3. The van der Waals surface area contributed by atoms with Crippen LogP contribution in [-0.2, 0) is 9.53 Å². The SMILES string of the molecule is C=CC(C)(O)CCC1(C)C2=CCCC(C)(C(=O)OC)C2CCC1C. The van der Waals surface area contributed by atoms with Gasteiger partial charge in [-0.1, -0.05) is 31.6 Å². The van der Waals surface area contributed by atoms with Crippen molar-refractivity contribution in [2.75, 3.05) is 7.11 Å². The minimum Gasteiger partial charge on any atom is -0.469 e. The van der Waals surface area contributed by atoms with Crippen LogP contribution in [0.1, 0.15) is 66.2 Å². The molecule has 1 saturated carbocycles. The lowest BCUT2D eigenvalue weighted by atomic mass is 9.51. The van der Waals surface area contributed by atoms with Gasteiger partial charge in [-0.15, -0.1) is 6.58 Å². The van der Waals surface area contributed by atoms with Gasteiger partial charge < -0.3 is 9.84 Å². The fourth-order valence-electron chi connectivity index (χ4n) is 4.80. The summed E-state index contributed by atoms with van der Waals surface area (Å²) in [6, 6.07) is 0. The van der Waals surface area contributed by atoms with Crippen molar-refractivity contribution in [3.05, 3.63) is 24.3 Å². The van der Waals surface area contributed by atoms with Gasteiger partial charge in [0, 0.05) is 0 Å². The third-order valence-electron chi connectivity index (χ3n) is 7.05. The second-order valence-electron chi connectivity index (χ2n) is 8.62. The number of fused-ring (bicyclic) bond motifs is 1. The van der Waals surface area contributed by atoms with Crippen LogP contribution in [0.15, 0.2) is 24.3 Å². The molecule has 5 unspecified atom stereocenters. The first-order chi connectivity index (χ1) is 11.1. The van der Waals surface area contributed by atoms with E-state index in [0.29, 0.717) is 12.3 Å². The molecule has 2 aliphatic carbocycles. The maximum atomic E-state index is 12.5. The molecule has 0 aromatic heterocycles. The number of hydrogen-bond donors (Lipinski definition) is 1. The molecule has 24 heavy (non-hydrogen) atoms. The smallest absolute Gasteiger partial charge is 0.312 e. The van der Waals surface area contributed by atoms with Crippen LogP contribution in [-0.4, -0.2) is 23.8 Å². The van der Waals surface area contributed by atoms with Gasteiger partial charge in [0.25, 0.3) is 0 Å². The first kappa shape index (κ1) is 19.2. The molecule has 0 radical (unpaired) electrons. The summed E-state index contributed by atoms with van der Waals surface area (Å²) in [4.78, 5) is 12.5. The summed E-state index contributed by atoms with van der Waals surface area (Å²) in [5.74, 6) is 0.724. The molecule has 0 bridgehead atoms. The molecule has 2 rings (SSSR count). The maximum absolute atomic E-state index is 12.5. The highest BCUT2D eigenvalue weighted by Gasteiger charge is 2.53. The predicted molar refractivity (Wildman–Crippen MR) is 97.5 cm³/mol. The van der Waals surface area contributed by atoms with Gasteiger partial charge in [0.1, 0.15) is 0 Å². The molecule has 1 fully saturated rings. The Bertz CT molecular complexity index is 533. The highest BCUT2D eigenvalue weighted by molar-refractivity contribution is 5.77. The Morgan fingerprint density at radius 2 is 2.17 bits per heavy atom. The highest BCUT2D eigenvalue weighted by Crippen LogP contribution is 2.58. The minimum absolute atomic E-state index is 0.0195. The van der Waals surface area contributed by atoms with E-state index in [9.17, 15) is 9.90 Å². The number of hydrogen-bond acceptors (Lipinski definition) is 3. The van der Waals surface area contributed by atoms with Crippen molar-refractivity contribution in [2.45, 2.75) is 71.8 Å². The fraction of sp³-hybridized carbons (Fsp3) is 0.762. The van der Waals surface area contributed by atoms with E-state index in [1.54, 1.807) is 6.08 Å². The number of carbonyl (C=O) groups excluding carboxylic acids is 1. The van der Waals surface area contributed by atoms with Gasteiger partial charge in [-0.05, 0) is 69.6 Å². The second kappa shape index (κ2) is 6.67. The number of rotatable bonds is 5. The summed E-state index contributed by atoms with van der Waals surface area (Å²) in [5.41, 5.74) is 0.184. The molecule has 0 amide bonds. The molecule has 0 aliphatic heterocycles. The van der Waals surface area contributed by atoms with E-state index in [4.69, 9.17) is 4.74 Å². The number of allylic oxidation sites excluding steroid dienone is 2. The molecule has 0 saturated heterocycles. The van der Waals surface area contributed by atoms with Crippen LogP contribution >= 0.6 is 0 Å². The van der Waals surface area contributed by atoms with Crippen molar-refractivity contribution in [1.29, 1.82) is 0 Å². The third kappa shape index (κ3) is 3.20. The highest BCUT2D eigenvalue weighted by atomic mass is 16.5. The molecular formula is C21H34O3. The van der Waals surface area contributed by atoms with Crippen molar-refractivity contribution in [3.8, 4) is 0 Å². The van der Waals surface area contributed by atoms with Crippen LogP contribution in [0.3, 0.4) is 0 Å². The first-order valence-electron chi connectivity index (χ1n) is 9.25. The Morgan fingerprint density at radius 1 is 1.50 bits per heavy atom. The van der Waals surface area contributed by atoms with E-state index < -0.39 is 11.0 Å². The number of carbonyl (C=O) groups is 1. The molecule has 3 heteroatoms. The van der Waals surface area contributed by atoms with Crippen LogP contribution in [0.5, 0.6) is 0 Å². The van der Waals surface area contributed by atoms with Gasteiger partial charge in [0.05, 0.1) is 18.1 Å². The molecule has 136 valence electrons. The fourth-order valence-corrected chi connectivity index (χ4v) is 4.80. The Balaban J connectivity index is 2.33. The van der Waals surface area contributed by atoms with Crippen LogP contribution in [0, 0.1) is 22.7 Å². The summed E-state index contributed by atoms with van der Waals surface area (Å²) in [7, 11) is 1.50. The van der Waals surface area contributed by atoms with E-state index in [0.717, 1.165) is 32.1 Å². The Labute approximate surface area is 147 Å². The first-order valence-corrected chi connectivity index (χ1v) is 9.25. The average molecular weight is 335 g/mol. The molecule has 3 nitrogen and oxygen atoms in total. The van der Waals surface area contributed by atoms with E-state index in [-0.39, 0.29) is 17.3 Å². The van der Waals surface area contributed by atoms with Gasteiger partial charge in [-0.25, -0.2) is 0 Å². The second-order valence-corrected chi connectivity index (χ2v) is 8.62. The van der Waals surface area contributed by atoms with Crippen molar-refractivity contribution in [1.82, 2.24) is 0 Å². The lowest BCUT2D eigenvalue weighted by Gasteiger charge is -2.53. The minimum atomic E-state index is -0.837. The monoisotopic (exact) mass is 334 g/mol. The summed E-state index contributed by atoms with van der Waals surface area (Å²) in [6.07, 6.45) is 9.56. The van der Waals surface area contributed by atoms with E-state index in [2.05, 4.69) is 33.4 Å².